The SMILES string of the molecule is COc1cc(OC)c(C(=O)NCc2cc3ccccc3o2)cc1OC. The number of fused-ring (bicyclic) bond motifs is 1. The van der Waals surface area contributed by atoms with E-state index >= 15 is 0 Å². The molecule has 1 aromatic heterocycles. The van der Waals surface area contributed by atoms with Crippen molar-refractivity contribution in [2.45, 2.75) is 6.54 Å². The van der Waals surface area contributed by atoms with Crippen LogP contribution in [-0.2, 0) is 6.54 Å². The highest BCUT2D eigenvalue weighted by Crippen LogP contribution is 2.34. The molecule has 3 rings (SSSR count). The quantitative estimate of drug-likeness (QED) is 0.744. The summed E-state index contributed by atoms with van der Waals surface area (Å²) in [7, 11) is 4.54. The first-order chi connectivity index (χ1) is 12.2. The molecule has 0 atom stereocenters. The molecular formula is C19H19NO5. The number of benzene rings is 2. The molecule has 0 saturated carbocycles. The molecule has 1 heterocycles. The van der Waals surface area contributed by atoms with Crippen molar-refractivity contribution in [3.8, 4) is 17.2 Å². The number of para-hydroxylation sites is 1. The zero-order valence-corrected chi connectivity index (χ0v) is 14.3. The third kappa shape index (κ3) is 3.38. The topological polar surface area (TPSA) is 69.9 Å². The highest BCUT2D eigenvalue weighted by Gasteiger charge is 2.18. The molecule has 0 aliphatic carbocycles. The van der Waals surface area contributed by atoms with E-state index in [1.54, 1.807) is 12.1 Å². The zero-order valence-electron chi connectivity index (χ0n) is 14.3. The number of carbonyl (C=O) groups is 1. The van der Waals surface area contributed by atoms with Crippen LogP contribution in [0.1, 0.15) is 16.1 Å². The van der Waals surface area contributed by atoms with Crippen molar-refractivity contribution in [2.24, 2.45) is 0 Å². The summed E-state index contributed by atoms with van der Waals surface area (Å²) < 4.78 is 21.5. The van der Waals surface area contributed by atoms with Crippen molar-refractivity contribution >= 4 is 16.9 Å². The summed E-state index contributed by atoms with van der Waals surface area (Å²) in [5.41, 5.74) is 1.15. The molecule has 3 aromatic rings. The van der Waals surface area contributed by atoms with Gasteiger partial charge in [-0.3, -0.25) is 4.79 Å². The van der Waals surface area contributed by atoms with Gasteiger partial charge in [-0.1, -0.05) is 18.2 Å². The second-order valence-electron chi connectivity index (χ2n) is 5.34. The van der Waals surface area contributed by atoms with Gasteiger partial charge in [0, 0.05) is 17.5 Å². The lowest BCUT2D eigenvalue weighted by molar-refractivity contribution is 0.0944. The zero-order chi connectivity index (χ0) is 17.8. The molecule has 0 fully saturated rings. The number of rotatable bonds is 6. The molecule has 0 bridgehead atoms. The number of methoxy groups -OCH3 is 3. The third-order valence-electron chi connectivity index (χ3n) is 3.85. The first kappa shape index (κ1) is 16.7. The molecule has 130 valence electrons. The Balaban J connectivity index is 1.80. The molecule has 0 aliphatic heterocycles. The lowest BCUT2D eigenvalue weighted by Crippen LogP contribution is -2.23. The van der Waals surface area contributed by atoms with Crippen LogP contribution in [0.25, 0.3) is 11.0 Å². The summed E-state index contributed by atoms with van der Waals surface area (Å²) in [5.74, 6) is 1.73. The summed E-state index contributed by atoms with van der Waals surface area (Å²) in [6, 6.07) is 12.8. The average Bonchev–Trinajstić information content (AvgIpc) is 3.07. The van der Waals surface area contributed by atoms with Gasteiger partial charge in [-0.05, 0) is 12.1 Å². The minimum atomic E-state index is -0.293. The molecule has 0 aliphatic rings. The molecule has 6 heteroatoms. The number of amides is 1. The lowest BCUT2D eigenvalue weighted by Gasteiger charge is -2.13. The number of ether oxygens (including phenoxy) is 3. The molecule has 0 unspecified atom stereocenters. The van der Waals surface area contributed by atoms with E-state index in [9.17, 15) is 4.79 Å². The van der Waals surface area contributed by atoms with Crippen LogP contribution < -0.4 is 19.5 Å². The van der Waals surface area contributed by atoms with Gasteiger partial charge in [-0.2, -0.15) is 0 Å². The summed E-state index contributed by atoms with van der Waals surface area (Å²) in [4.78, 5) is 12.6. The van der Waals surface area contributed by atoms with Crippen molar-refractivity contribution < 1.29 is 23.4 Å². The average molecular weight is 341 g/mol. The number of hydrogen-bond donors (Lipinski definition) is 1. The number of nitrogens with one attached hydrogen (secondary N) is 1. The van der Waals surface area contributed by atoms with Crippen molar-refractivity contribution in [2.75, 3.05) is 21.3 Å². The van der Waals surface area contributed by atoms with Crippen LogP contribution in [0, 0.1) is 0 Å². The van der Waals surface area contributed by atoms with E-state index in [1.807, 2.05) is 30.3 Å². The van der Waals surface area contributed by atoms with Crippen LogP contribution in [0.15, 0.2) is 46.9 Å². The van der Waals surface area contributed by atoms with E-state index in [0.29, 0.717) is 28.6 Å². The Morgan fingerprint density at radius 2 is 1.64 bits per heavy atom. The van der Waals surface area contributed by atoms with E-state index in [-0.39, 0.29) is 12.5 Å². The Hall–Kier alpha value is -3.15. The monoisotopic (exact) mass is 341 g/mol. The van der Waals surface area contributed by atoms with Gasteiger partial charge in [-0.15, -0.1) is 0 Å². The van der Waals surface area contributed by atoms with Gasteiger partial charge in [0.25, 0.3) is 5.91 Å². The Labute approximate surface area is 145 Å². The highest BCUT2D eigenvalue weighted by molar-refractivity contribution is 5.97. The van der Waals surface area contributed by atoms with Crippen LogP contribution >= 0.6 is 0 Å². The first-order valence-electron chi connectivity index (χ1n) is 7.72. The third-order valence-corrected chi connectivity index (χ3v) is 3.85. The Morgan fingerprint density at radius 3 is 2.32 bits per heavy atom. The maximum Gasteiger partial charge on any atom is 0.255 e. The predicted octanol–water partition coefficient (Wildman–Crippen LogP) is 3.39. The van der Waals surface area contributed by atoms with E-state index in [2.05, 4.69) is 5.32 Å². The minimum absolute atomic E-state index is 0.269. The van der Waals surface area contributed by atoms with Crippen molar-refractivity contribution in [1.29, 1.82) is 0 Å². The van der Waals surface area contributed by atoms with Gasteiger partial charge in [0.1, 0.15) is 17.1 Å². The number of carbonyl (C=O) groups excluding carboxylic acids is 1. The molecule has 1 amide bonds. The standard InChI is InChI=1S/C19H19NO5/c1-22-16-10-18(24-3)17(23-2)9-14(16)19(21)20-11-13-8-12-6-4-5-7-15(12)25-13/h4-10H,11H2,1-3H3,(H,20,21). The van der Waals surface area contributed by atoms with Gasteiger partial charge in [-0.25, -0.2) is 0 Å². The summed E-state index contributed by atoms with van der Waals surface area (Å²) in [6.45, 7) is 0.269. The van der Waals surface area contributed by atoms with Crippen molar-refractivity contribution in [3.63, 3.8) is 0 Å². The van der Waals surface area contributed by atoms with E-state index in [4.69, 9.17) is 18.6 Å². The van der Waals surface area contributed by atoms with Gasteiger partial charge in [0.15, 0.2) is 11.5 Å². The number of furan rings is 1. The predicted molar refractivity (Wildman–Crippen MR) is 93.5 cm³/mol. The second kappa shape index (κ2) is 7.17. The summed E-state index contributed by atoms with van der Waals surface area (Å²) in [5, 5.41) is 3.83. The molecule has 0 saturated heterocycles. The van der Waals surface area contributed by atoms with E-state index < -0.39 is 0 Å². The lowest BCUT2D eigenvalue weighted by atomic mass is 10.1. The normalized spacial score (nSPS) is 10.5. The molecule has 6 nitrogen and oxygen atoms in total. The molecule has 0 spiro atoms. The van der Waals surface area contributed by atoms with Gasteiger partial charge in [0.2, 0.25) is 0 Å². The van der Waals surface area contributed by atoms with E-state index in [1.165, 1.54) is 21.3 Å². The van der Waals surface area contributed by atoms with Crippen LogP contribution in [0.2, 0.25) is 0 Å². The molecule has 2 aromatic carbocycles. The Morgan fingerprint density at radius 1 is 0.960 bits per heavy atom. The fourth-order valence-electron chi connectivity index (χ4n) is 2.59. The highest BCUT2D eigenvalue weighted by atomic mass is 16.5. The maximum absolute atomic E-state index is 12.6. The molecule has 0 radical (unpaired) electrons. The van der Waals surface area contributed by atoms with E-state index in [0.717, 1.165) is 11.0 Å². The fourth-order valence-corrected chi connectivity index (χ4v) is 2.59. The first-order valence-corrected chi connectivity index (χ1v) is 7.72. The molecular weight excluding hydrogens is 322 g/mol. The molecule has 1 N–H and O–H groups in total. The molecule has 25 heavy (non-hydrogen) atoms. The Bertz CT molecular complexity index is 867. The van der Waals surface area contributed by atoms with Crippen LogP contribution in [0.3, 0.4) is 0 Å². The smallest absolute Gasteiger partial charge is 0.255 e. The Kier molecular flexibility index (Phi) is 4.79. The van der Waals surface area contributed by atoms with Gasteiger partial charge in [0.05, 0.1) is 33.4 Å². The van der Waals surface area contributed by atoms with Crippen LogP contribution in [0.4, 0.5) is 0 Å². The number of hydrogen-bond acceptors (Lipinski definition) is 5. The van der Waals surface area contributed by atoms with Crippen LogP contribution in [0.5, 0.6) is 17.2 Å². The minimum Gasteiger partial charge on any atom is -0.496 e. The maximum atomic E-state index is 12.6. The largest absolute Gasteiger partial charge is 0.496 e. The fraction of sp³-hybridized carbons (Fsp3) is 0.211. The summed E-state index contributed by atoms with van der Waals surface area (Å²) in [6.07, 6.45) is 0. The van der Waals surface area contributed by atoms with Crippen LogP contribution in [-0.4, -0.2) is 27.2 Å². The second-order valence-corrected chi connectivity index (χ2v) is 5.34. The van der Waals surface area contributed by atoms with Crippen molar-refractivity contribution in [1.82, 2.24) is 5.32 Å². The van der Waals surface area contributed by atoms with Gasteiger partial charge >= 0.3 is 0 Å². The summed E-state index contributed by atoms with van der Waals surface area (Å²) >= 11 is 0. The van der Waals surface area contributed by atoms with Crippen molar-refractivity contribution in [3.05, 3.63) is 53.8 Å². The van der Waals surface area contributed by atoms with Gasteiger partial charge < -0.3 is 23.9 Å².